The summed E-state index contributed by atoms with van der Waals surface area (Å²) >= 11 is 0. The minimum Gasteiger partial charge on any atom is -0.491 e. The molecule has 108 valence electrons. The fraction of sp³-hybridized carbons (Fsp3) is 0.571. The number of aryl methyl sites for hydroxylation is 1. The first-order valence-corrected chi connectivity index (χ1v) is 6.68. The molecule has 1 saturated heterocycles. The highest BCUT2D eigenvalue weighted by atomic mass is 16.6. The molecule has 5 N–H and O–H groups in total. The Kier molecular flexibility index (Phi) is 8.16. The number of nitrogens with two attached hydrogens (primary N) is 2. The van der Waals surface area contributed by atoms with Crippen LogP contribution in [0.2, 0.25) is 0 Å². The van der Waals surface area contributed by atoms with Crippen LogP contribution in [-0.2, 0) is 4.74 Å². The van der Waals surface area contributed by atoms with E-state index in [1.165, 1.54) is 5.56 Å². The molecule has 1 heterocycles. The van der Waals surface area contributed by atoms with Crippen LogP contribution in [0.25, 0.3) is 0 Å². The summed E-state index contributed by atoms with van der Waals surface area (Å²) < 4.78 is 10.5. The molecule has 1 unspecified atom stereocenters. The first-order chi connectivity index (χ1) is 9.26. The molecule has 1 aromatic carbocycles. The summed E-state index contributed by atoms with van der Waals surface area (Å²) in [5.41, 5.74) is 11.6. The van der Waals surface area contributed by atoms with E-state index in [1.807, 2.05) is 24.3 Å². The molecule has 0 bridgehead atoms. The van der Waals surface area contributed by atoms with Gasteiger partial charge in [0.2, 0.25) is 0 Å². The Bertz CT molecular complexity index is 322. The Hall–Kier alpha value is -1.14. The summed E-state index contributed by atoms with van der Waals surface area (Å²) in [6.07, 6.45) is 0.339. The number of rotatable bonds is 7. The van der Waals surface area contributed by atoms with Crippen molar-refractivity contribution in [3.8, 4) is 5.75 Å². The number of benzene rings is 1. The molecule has 1 aliphatic rings. The monoisotopic (exact) mass is 267 g/mol. The smallest absolute Gasteiger partial charge is 0.119 e. The van der Waals surface area contributed by atoms with Gasteiger partial charge in [0.15, 0.2) is 0 Å². The molecule has 19 heavy (non-hydrogen) atoms. The third-order valence-corrected chi connectivity index (χ3v) is 2.50. The van der Waals surface area contributed by atoms with E-state index in [0.29, 0.717) is 25.8 Å². The maximum Gasteiger partial charge on any atom is 0.119 e. The van der Waals surface area contributed by atoms with Crippen LogP contribution in [0.4, 0.5) is 0 Å². The van der Waals surface area contributed by atoms with Crippen LogP contribution >= 0.6 is 0 Å². The Labute approximate surface area is 115 Å². The molecular weight excluding hydrogens is 242 g/mol. The lowest BCUT2D eigenvalue weighted by Gasteiger charge is -2.03. The summed E-state index contributed by atoms with van der Waals surface area (Å²) in [6.45, 7) is 6.73. The summed E-state index contributed by atoms with van der Waals surface area (Å²) in [5.74, 6) is 0.927. The molecular formula is C14H25N3O2. The maximum absolute atomic E-state index is 5.46. The topological polar surface area (TPSA) is 85.8 Å². The van der Waals surface area contributed by atoms with Crippen LogP contribution in [0, 0.1) is 6.92 Å². The second kappa shape index (κ2) is 9.75. The Balaban J connectivity index is 0.000000224. The number of ether oxygens (including phenoxy) is 2. The van der Waals surface area contributed by atoms with Crippen molar-refractivity contribution in [2.45, 2.75) is 13.0 Å². The van der Waals surface area contributed by atoms with Gasteiger partial charge in [0.25, 0.3) is 0 Å². The standard InChI is InChI=1S/C10H12O2.C4H13N3/c1-8-2-4-9(5-3-8)11-6-10-7-12-10;5-1-3-7-4-2-6/h2-5,10H,6-7H2,1H3;7H,1-6H2. The Morgan fingerprint density at radius 3 is 2.26 bits per heavy atom. The molecule has 1 fully saturated rings. The van der Waals surface area contributed by atoms with Crippen LogP contribution in [0.15, 0.2) is 24.3 Å². The van der Waals surface area contributed by atoms with Gasteiger partial charge < -0.3 is 26.3 Å². The molecule has 1 atom stereocenters. The van der Waals surface area contributed by atoms with Gasteiger partial charge in [0.05, 0.1) is 6.61 Å². The van der Waals surface area contributed by atoms with Crippen molar-refractivity contribution in [1.29, 1.82) is 0 Å². The van der Waals surface area contributed by atoms with E-state index in [9.17, 15) is 0 Å². The van der Waals surface area contributed by atoms with Gasteiger partial charge in [-0.15, -0.1) is 0 Å². The normalized spacial score (nSPS) is 16.5. The van der Waals surface area contributed by atoms with Crippen molar-refractivity contribution in [2.75, 3.05) is 39.4 Å². The van der Waals surface area contributed by atoms with Gasteiger partial charge in [-0.2, -0.15) is 0 Å². The van der Waals surface area contributed by atoms with Crippen LogP contribution in [0.5, 0.6) is 5.75 Å². The number of epoxide rings is 1. The highest BCUT2D eigenvalue weighted by Crippen LogP contribution is 2.15. The Morgan fingerprint density at radius 2 is 1.79 bits per heavy atom. The van der Waals surface area contributed by atoms with Crippen molar-refractivity contribution in [1.82, 2.24) is 5.32 Å². The predicted octanol–water partition coefficient (Wildman–Crippen LogP) is 0.266. The zero-order valence-electron chi connectivity index (χ0n) is 11.6. The highest BCUT2D eigenvalue weighted by molar-refractivity contribution is 5.26. The average molecular weight is 267 g/mol. The van der Waals surface area contributed by atoms with Gasteiger partial charge in [-0.3, -0.25) is 0 Å². The maximum atomic E-state index is 5.46. The summed E-state index contributed by atoms with van der Waals surface area (Å²) in [7, 11) is 0. The van der Waals surface area contributed by atoms with E-state index in [2.05, 4.69) is 12.2 Å². The third-order valence-electron chi connectivity index (χ3n) is 2.50. The fourth-order valence-corrected chi connectivity index (χ4v) is 1.32. The second-order valence-electron chi connectivity index (χ2n) is 4.41. The van der Waals surface area contributed by atoms with Crippen LogP contribution in [0.3, 0.4) is 0 Å². The fourth-order valence-electron chi connectivity index (χ4n) is 1.32. The molecule has 0 radical (unpaired) electrons. The van der Waals surface area contributed by atoms with Gasteiger partial charge in [0.1, 0.15) is 18.5 Å². The van der Waals surface area contributed by atoms with Crippen molar-refractivity contribution in [2.24, 2.45) is 11.5 Å². The minimum atomic E-state index is 0.339. The molecule has 0 aliphatic carbocycles. The Morgan fingerprint density at radius 1 is 1.21 bits per heavy atom. The van der Waals surface area contributed by atoms with Crippen molar-refractivity contribution in [3.05, 3.63) is 29.8 Å². The number of hydrogen-bond acceptors (Lipinski definition) is 5. The molecule has 0 amide bonds. The van der Waals surface area contributed by atoms with E-state index >= 15 is 0 Å². The van der Waals surface area contributed by atoms with Gasteiger partial charge in [0, 0.05) is 26.2 Å². The third kappa shape index (κ3) is 8.56. The van der Waals surface area contributed by atoms with E-state index in [1.54, 1.807) is 0 Å². The number of nitrogens with one attached hydrogen (secondary N) is 1. The molecule has 2 rings (SSSR count). The largest absolute Gasteiger partial charge is 0.491 e. The van der Waals surface area contributed by atoms with Crippen LogP contribution in [-0.4, -0.2) is 45.5 Å². The zero-order chi connectivity index (χ0) is 13.9. The summed E-state index contributed by atoms with van der Waals surface area (Å²) in [4.78, 5) is 0. The van der Waals surface area contributed by atoms with Crippen molar-refractivity contribution >= 4 is 0 Å². The number of hydrogen-bond donors (Lipinski definition) is 3. The van der Waals surface area contributed by atoms with Crippen LogP contribution in [0.1, 0.15) is 5.56 Å². The first-order valence-electron chi connectivity index (χ1n) is 6.68. The predicted molar refractivity (Wildman–Crippen MR) is 77.4 cm³/mol. The van der Waals surface area contributed by atoms with Gasteiger partial charge in [-0.25, -0.2) is 0 Å². The van der Waals surface area contributed by atoms with E-state index < -0.39 is 0 Å². The van der Waals surface area contributed by atoms with Gasteiger partial charge >= 0.3 is 0 Å². The molecule has 5 nitrogen and oxygen atoms in total. The van der Waals surface area contributed by atoms with Crippen molar-refractivity contribution < 1.29 is 9.47 Å². The average Bonchev–Trinajstić information content (AvgIpc) is 3.24. The van der Waals surface area contributed by atoms with Gasteiger partial charge in [-0.05, 0) is 19.1 Å². The SMILES string of the molecule is Cc1ccc(OCC2CO2)cc1.NCCNCCN. The molecule has 5 heteroatoms. The van der Waals surface area contributed by atoms with Gasteiger partial charge in [-0.1, -0.05) is 17.7 Å². The lowest BCUT2D eigenvalue weighted by molar-refractivity contribution is 0.263. The molecule has 0 spiro atoms. The lowest BCUT2D eigenvalue weighted by Crippen LogP contribution is -2.27. The molecule has 1 aliphatic heterocycles. The molecule has 1 aromatic rings. The summed E-state index contributed by atoms with van der Waals surface area (Å²) in [5, 5.41) is 3.03. The molecule has 0 saturated carbocycles. The van der Waals surface area contributed by atoms with Crippen molar-refractivity contribution in [3.63, 3.8) is 0 Å². The first kappa shape index (κ1) is 15.9. The lowest BCUT2D eigenvalue weighted by atomic mass is 10.2. The van der Waals surface area contributed by atoms with E-state index in [4.69, 9.17) is 20.9 Å². The summed E-state index contributed by atoms with van der Waals surface area (Å²) in [6, 6.07) is 8.06. The minimum absolute atomic E-state index is 0.339. The highest BCUT2D eigenvalue weighted by Gasteiger charge is 2.22. The quantitative estimate of drug-likeness (QED) is 0.487. The van der Waals surface area contributed by atoms with Crippen LogP contribution < -0.4 is 21.5 Å². The zero-order valence-corrected chi connectivity index (χ0v) is 11.6. The van der Waals surface area contributed by atoms with E-state index in [-0.39, 0.29) is 0 Å². The van der Waals surface area contributed by atoms with E-state index in [0.717, 1.165) is 25.4 Å². The molecule has 0 aromatic heterocycles. The second-order valence-corrected chi connectivity index (χ2v) is 4.41.